The number of ether oxygens (including phenoxy) is 1. The van der Waals surface area contributed by atoms with Crippen molar-refractivity contribution in [3.05, 3.63) is 34.1 Å². The van der Waals surface area contributed by atoms with Crippen LogP contribution in [0.4, 0.5) is 4.39 Å². The molecule has 5 heteroatoms. The molecule has 0 fully saturated rings. The summed E-state index contributed by atoms with van der Waals surface area (Å²) in [6.45, 7) is 0. The van der Waals surface area contributed by atoms with Gasteiger partial charge in [0.15, 0.2) is 0 Å². The molecular formula is C10H9BrClFO2. The number of hydrogen-bond donors (Lipinski definition) is 0. The minimum Gasteiger partial charge on any atom is -0.468 e. The molecule has 0 aliphatic rings. The number of methoxy groups -OCH3 is 1. The van der Waals surface area contributed by atoms with E-state index in [1.54, 1.807) is 12.1 Å². The van der Waals surface area contributed by atoms with E-state index in [-0.39, 0.29) is 12.2 Å². The lowest BCUT2D eigenvalue weighted by Crippen LogP contribution is -2.19. The second-order valence-electron chi connectivity index (χ2n) is 2.93. The number of benzene rings is 1. The number of rotatable bonds is 3. The van der Waals surface area contributed by atoms with Gasteiger partial charge in [0.1, 0.15) is 11.2 Å². The summed E-state index contributed by atoms with van der Waals surface area (Å²) in [5.41, 5.74) is 0.392. The van der Waals surface area contributed by atoms with Gasteiger partial charge in [0, 0.05) is 10.9 Å². The molecule has 0 saturated heterocycles. The topological polar surface area (TPSA) is 26.3 Å². The van der Waals surface area contributed by atoms with E-state index in [1.165, 1.54) is 13.2 Å². The summed E-state index contributed by atoms with van der Waals surface area (Å²) < 4.78 is 18.4. The molecule has 0 aliphatic carbocycles. The maximum Gasteiger partial charge on any atom is 0.324 e. The fourth-order valence-electron chi connectivity index (χ4n) is 1.09. The molecule has 0 bridgehead atoms. The normalized spacial score (nSPS) is 12.3. The molecule has 0 saturated carbocycles. The largest absolute Gasteiger partial charge is 0.468 e. The molecule has 2 nitrogen and oxygen atoms in total. The van der Waals surface area contributed by atoms with Crippen molar-refractivity contribution in [2.45, 2.75) is 11.8 Å². The van der Waals surface area contributed by atoms with Crippen LogP contribution in [0.1, 0.15) is 5.56 Å². The first-order valence-corrected chi connectivity index (χ1v) is 5.43. The van der Waals surface area contributed by atoms with Crippen LogP contribution in [0.25, 0.3) is 0 Å². The van der Waals surface area contributed by atoms with Crippen LogP contribution in [0.3, 0.4) is 0 Å². The average Bonchev–Trinajstić information content (AvgIpc) is 2.20. The highest BCUT2D eigenvalue weighted by Gasteiger charge is 2.18. The van der Waals surface area contributed by atoms with E-state index in [9.17, 15) is 9.18 Å². The van der Waals surface area contributed by atoms with Gasteiger partial charge in [0.05, 0.1) is 7.11 Å². The summed E-state index contributed by atoms with van der Waals surface area (Å²) in [6.07, 6.45) is 0.118. The highest BCUT2D eigenvalue weighted by molar-refractivity contribution is 9.10. The summed E-state index contributed by atoms with van der Waals surface area (Å²) in [5, 5.41) is -0.856. The fraction of sp³-hybridized carbons (Fsp3) is 0.300. The van der Waals surface area contributed by atoms with Gasteiger partial charge in [-0.25, -0.2) is 4.39 Å². The number of carbonyl (C=O) groups excluding carboxylic acids is 1. The average molecular weight is 296 g/mol. The van der Waals surface area contributed by atoms with Crippen molar-refractivity contribution in [1.82, 2.24) is 0 Å². The van der Waals surface area contributed by atoms with Crippen molar-refractivity contribution in [1.29, 1.82) is 0 Å². The van der Waals surface area contributed by atoms with Gasteiger partial charge >= 0.3 is 5.97 Å². The lowest BCUT2D eigenvalue weighted by molar-refractivity contribution is -0.140. The summed E-state index contributed by atoms with van der Waals surface area (Å²) >= 11 is 8.87. The van der Waals surface area contributed by atoms with E-state index < -0.39 is 11.3 Å². The van der Waals surface area contributed by atoms with Gasteiger partial charge < -0.3 is 4.74 Å². The zero-order valence-electron chi connectivity index (χ0n) is 7.97. The molecule has 0 amide bonds. The van der Waals surface area contributed by atoms with E-state index in [4.69, 9.17) is 11.6 Å². The van der Waals surface area contributed by atoms with Crippen molar-refractivity contribution < 1.29 is 13.9 Å². The quantitative estimate of drug-likeness (QED) is 0.633. The molecule has 0 heterocycles. The molecule has 0 aliphatic heterocycles. The molecular weight excluding hydrogens is 286 g/mol. The zero-order chi connectivity index (χ0) is 11.4. The molecule has 0 aromatic heterocycles. The summed E-state index contributed by atoms with van der Waals surface area (Å²) in [7, 11) is 1.25. The van der Waals surface area contributed by atoms with Crippen molar-refractivity contribution in [3.63, 3.8) is 0 Å². The van der Waals surface area contributed by atoms with Crippen LogP contribution in [-0.4, -0.2) is 18.5 Å². The smallest absolute Gasteiger partial charge is 0.324 e. The van der Waals surface area contributed by atoms with Gasteiger partial charge in [-0.3, -0.25) is 4.79 Å². The maximum atomic E-state index is 13.3. The zero-order valence-corrected chi connectivity index (χ0v) is 10.3. The van der Waals surface area contributed by atoms with Gasteiger partial charge in [-0.05, 0) is 17.7 Å². The Morgan fingerprint density at radius 3 is 2.87 bits per heavy atom. The van der Waals surface area contributed by atoms with Gasteiger partial charge in [-0.2, -0.15) is 0 Å². The van der Waals surface area contributed by atoms with Crippen molar-refractivity contribution in [3.8, 4) is 0 Å². The number of halogens is 3. The van der Waals surface area contributed by atoms with E-state index in [0.717, 1.165) is 0 Å². The Labute approximate surface area is 101 Å². The van der Waals surface area contributed by atoms with Crippen LogP contribution in [0.15, 0.2) is 22.7 Å². The predicted octanol–water partition coefficient (Wildman–Crippen LogP) is 2.91. The minimum absolute atomic E-state index is 0.118. The van der Waals surface area contributed by atoms with Crippen LogP contribution >= 0.6 is 27.5 Å². The Morgan fingerprint density at radius 2 is 2.33 bits per heavy atom. The Bertz CT molecular complexity index is 370. The molecule has 82 valence electrons. The third kappa shape index (κ3) is 3.47. The molecule has 15 heavy (non-hydrogen) atoms. The van der Waals surface area contributed by atoms with Crippen molar-refractivity contribution in [2.24, 2.45) is 0 Å². The maximum absolute atomic E-state index is 13.3. The summed E-state index contributed by atoms with van der Waals surface area (Å²) in [5.74, 6) is -0.946. The minimum atomic E-state index is -0.856. The monoisotopic (exact) mass is 294 g/mol. The molecule has 1 aromatic carbocycles. The number of esters is 1. The molecule has 0 N–H and O–H groups in total. The van der Waals surface area contributed by atoms with Crippen LogP contribution in [0, 0.1) is 5.82 Å². The van der Waals surface area contributed by atoms with Crippen LogP contribution in [0.2, 0.25) is 0 Å². The molecule has 1 atom stereocenters. The van der Waals surface area contributed by atoms with Gasteiger partial charge in [0.2, 0.25) is 0 Å². The lowest BCUT2D eigenvalue weighted by atomic mass is 10.1. The summed E-state index contributed by atoms with van der Waals surface area (Å²) in [4.78, 5) is 11.0. The first-order chi connectivity index (χ1) is 7.04. The highest BCUT2D eigenvalue weighted by Crippen LogP contribution is 2.18. The molecule has 0 radical (unpaired) electrons. The van der Waals surface area contributed by atoms with E-state index in [2.05, 4.69) is 20.7 Å². The Morgan fingerprint density at radius 1 is 1.67 bits per heavy atom. The third-order valence-electron chi connectivity index (χ3n) is 1.87. The van der Waals surface area contributed by atoms with Gasteiger partial charge in [0.25, 0.3) is 0 Å². The second kappa shape index (κ2) is 5.47. The molecule has 0 spiro atoms. The second-order valence-corrected chi connectivity index (χ2v) is 4.37. The van der Waals surface area contributed by atoms with Crippen molar-refractivity contribution >= 4 is 33.5 Å². The Kier molecular flexibility index (Phi) is 4.54. The van der Waals surface area contributed by atoms with E-state index in [1.807, 2.05) is 0 Å². The molecule has 1 rings (SSSR count). The SMILES string of the molecule is COC(=O)C(Cl)Cc1ccc(Br)cc1F. The first-order valence-electron chi connectivity index (χ1n) is 4.20. The lowest BCUT2D eigenvalue weighted by Gasteiger charge is -2.08. The number of alkyl halides is 1. The van der Waals surface area contributed by atoms with Crippen molar-refractivity contribution in [2.75, 3.05) is 7.11 Å². The Hall–Kier alpha value is -0.610. The van der Waals surface area contributed by atoms with Crippen LogP contribution < -0.4 is 0 Å². The number of carbonyl (C=O) groups is 1. The third-order valence-corrected chi connectivity index (χ3v) is 2.70. The Balaban J connectivity index is 2.76. The standard InChI is InChI=1S/C10H9BrClFO2/c1-15-10(14)8(12)4-6-2-3-7(11)5-9(6)13/h2-3,5,8H,4H2,1H3. The fourth-order valence-corrected chi connectivity index (χ4v) is 1.68. The van der Waals surface area contributed by atoms with E-state index in [0.29, 0.717) is 10.0 Å². The van der Waals surface area contributed by atoms with Crippen LogP contribution in [0.5, 0.6) is 0 Å². The number of hydrogen-bond acceptors (Lipinski definition) is 2. The van der Waals surface area contributed by atoms with Gasteiger partial charge in [-0.1, -0.05) is 22.0 Å². The first kappa shape index (κ1) is 12.5. The van der Waals surface area contributed by atoms with Crippen LogP contribution in [-0.2, 0) is 16.0 Å². The van der Waals surface area contributed by atoms with Gasteiger partial charge in [-0.15, -0.1) is 11.6 Å². The predicted molar refractivity (Wildman–Crippen MR) is 59.5 cm³/mol. The van der Waals surface area contributed by atoms with E-state index >= 15 is 0 Å². The molecule has 1 aromatic rings. The highest BCUT2D eigenvalue weighted by atomic mass is 79.9. The molecule has 1 unspecified atom stereocenters. The summed E-state index contributed by atoms with van der Waals surface area (Å²) in [6, 6.07) is 4.60.